The first-order chi connectivity index (χ1) is 7.59. The van der Waals surface area contributed by atoms with Crippen LogP contribution in [0.1, 0.15) is 32.3 Å². The molecular formula is C13H18O3. The number of hydrogen-bond acceptors (Lipinski definition) is 3. The van der Waals surface area contributed by atoms with Gasteiger partial charge in [0.1, 0.15) is 0 Å². The van der Waals surface area contributed by atoms with Crippen LogP contribution >= 0.6 is 0 Å². The zero-order valence-electron chi connectivity index (χ0n) is 9.77. The van der Waals surface area contributed by atoms with Crippen molar-refractivity contribution in [2.45, 2.75) is 32.3 Å². The van der Waals surface area contributed by atoms with Crippen LogP contribution in [-0.2, 0) is 15.1 Å². The second-order valence-electron chi connectivity index (χ2n) is 3.93. The monoisotopic (exact) mass is 222 g/mol. The van der Waals surface area contributed by atoms with E-state index in [4.69, 9.17) is 4.74 Å². The first kappa shape index (κ1) is 12.7. The van der Waals surface area contributed by atoms with Gasteiger partial charge in [-0.1, -0.05) is 43.7 Å². The van der Waals surface area contributed by atoms with Crippen molar-refractivity contribution in [2.75, 3.05) is 6.61 Å². The fraction of sp³-hybridized carbons (Fsp3) is 0.462. The SMILES string of the molecule is CCCCOC(=O)C(C)(O)c1ccccc1. The molecule has 1 rings (SSSR count). The largest absolute Gasteiger partial charge is 0.463 e. The standard InChI is InChI=1S/C13H18O3/c1-3-4-10-16-12(14)13(2,15)11-8-6-5-7-9-11/h5-9,15H,3-4,10H2,1-2H3. The highest BCUT2D eigenvalue weighted by Crippen LogP contribution is 2.21. The number of esters is 1. The minimum absolute atomic E-state index is 0.359. The summed E-state index contributed by atoms with van der Waals surface area (Å²) < 4.78 is 5.01. The number of ether oxygens (including phenoxy) is 1. The van der Waals surface area contributed by atoms with Gasteiger partial charge in [-0.3, -0.25) is 0 Å². The average Bonchev–Trinajstić information content (AvgIpc) is 2.30. The summed E-state index contributed by atoms with van der Waals surface area (Å²) in [5, 5.41) is 10.1. The van der Waals surface area contributed by atoms with E-state index in [2.05, 4.69) is 0 Å². The van der Waals surface area contributed by atoms with Crippen molar-refractivity contribution in [3.05, 3.63) is 35.9 Å². The van der Waals surface area contributed by atoms with Gasteiger partial charge in [0.25, 0.3) is 0 Å². The molecule has 0 heterocycles. The van der Waals surface area contributed by atoms with E-state index >= 15 is 0 Å². The molecule has 1 aromatic rings. The number of aliphatic hydroxyl groups is 1. The summed E-state index contributed by atoms with van der Waals surface area (Å²) in [5.41, 5.74) is -1.01. The maximum atomic E-state index is 11.7. The Morgan fingerprint density at radius 1 is 1.38 bits per heavy atom. The third kappa shape index (κ3) is 3.07. The zero-order chi connectivity index (χ0) is 12.0. The fourth-order valence-electron chi connectivity index (χ4n) is 1.33. The lowest BCUT2D eigenvalue weighted by Gasteiger charge is -2.21. The van der Waals surface area contributed by atoms with Crippen LogP contribution < -0.4 is 0 Å². The van der Waals surface area contributed by atoms with Crippen molar-refractivity contribution in [3.63, 3.8) is 0 Å². The Hall–Kier alpha value is -1.35. The molecule has 0 aliphatic rings. The Labute approximate surface area is 96.1 Å². The maximum Gasteiger partial charge on any atom is 0.342 e. The highest BCUT2D eigenvalue weighted by Gasteiger charge is 2.33. The van der Waals surface area contributed by atoms with Gasteiger partial charge in [0.05, 0.1) is 6.61 Å². The van der Waals surface area contributed by atoms with Crippen molar-refractivity contribution < 1.29 is 14.6 Å². The Kier molecular flexibility index (Phi) is 4.50. The highest BCUT2D eigenvalue weighted by atomic mass is 16.5. The molecule has 0 fully saturated rings. The highest BCUT2D eigenvalue weighted by molar-refractivity contribution is 5.80. The van der Waals surface area contributed by atoms with Gasteiger partial charge in [0.2, 0.25) is 0 Å². The molecule has 0 saturated heterocycles. The number of rotatable bonds is 5. The molecule has 0 bridgehead atoms. The van der Waals surface area contributed by atoms with E-state index in [0.717, 1.165) is 12.8 Å². The summed E-state index contributed by atoms with van der Waals surface area (Å²) in [6.07, 6.45) is 1.78. The zero-order valence-corrected chi connectivity index (χ0v) is 9.77. The lowest BCUT2D eigenvalue weighted by Crippen LogP contribution is -2.34. The van der Waals surface area contributed by atoms with Gasteiger partial charge >= 0.3 is 5.97 Å². The number of benzene rings is 1. The van der Waals surface area contributed by atoms with Crippen molar-refractivity contribution in [2.24, 2.45) is 0 Å². The van der Waals surface area contributed by atoms with E-state index < -0.39 is 11.6 Å². The van der Waals surface area contributed by atoms with E-state index in [1.807, 2.05) is 13.0 Å². The van der Waals surface area contributed by atoms with Gasteiger partial charge in [-0.05, 0) is 18.9 Å². The molecule has 88 valence electrons. The smallest absolute Gasteiger partial charge is 0.342 e. The Morgan fingerprint density at radius 3 is 2.56 bits per heavy atom. The summed E-state index contributed by atoms with van der Waals surface area (Å²) in [4.78, 5) is 11.7. The molecule has 0 amide bonds. The summed E-state index contributed by atoms with van der Waals surface area (Å²) in [7, 11) is 0. The molecule has 1 aromatic carbocycles. The molecule has 1 atom stereocenters. The fourth-order valence-corrected chi connectivity index (χ4v) is 1.33. The summed E-state index contributed by atoms with van der Waals surface area (Å²) >= 11 is 0. The second-order valence-corrected chi connectivity index (χ2v) is 3.93. The third-order valence-electron chi connectivity index (χ3n) is 2.46. The normalized spacial score (nSPS) is 14.2. The van der Waals surface area contributed by atoms with Gasteiger partial charge in [0.15, 0.2) is 5.60 Å². The van der Waals surface area contributed by atoms with Crippen LogP contribution in [0, 0.1) is 0 Å². The predicted molar refractivity (Wildman–Crippen MR) is 61.9 cm³/mol. The van der Waals surface area contributed by atoms with E-state index in [-0.39, 0.29) is 0 Å². The Bertz CT molecular complexity index is 330. The summed E-state index contributed by atoms with van der Waals surface area (Å²) in [6.45, 7) is 3.83. The summed E-state index contributed by atoms with van der Waals surface area (Å²) in [6, 6.07) is 8.82. The molecule has 0 aliphatic carbocycles. The second kappa shape index (κ2) is 5.66. The van der Waals surface area contributed by atoms with Gasteiger partial charge in [0, 0.05) is 0 Å². The van der Waals surface area contributed by atoms with Crippen LogP contribution in [0.15, 0.2) is 30.3 Å². The number of carbonyl (C=O) groups is 1. The lowest BCUT2D eigenvalue weighted by atomic mass is 9.96. The van der Waals surface area contributed by atoms with Crippen molar-refractivity contribution in [1.29, 1.82) is 0 Å². The van der Waals surface area contributed by atoms with Crippen molar-refractivity contribution in [1.82, 2.24) is 0 Å². The molecule has 3 nitrogen and oxygen atoms in total. The molecule has 16 heavy (non-hydrogen) atoms. The predicted octanol–water partition coefficient (Wildman–Crippen LogP) is 2.24. The topological polar surface area (TPSA) is 46.5 Å². The lowest BCUT2D eigenvalue weighted by molar-refractivity contribution is -0.164. The maximum absolute atomic E-state index is 11.7. The minimum atomic E-state index is -1.56. The molecule has 1 unspecified atom stereocenters. The van der Waals surface area contributed by atoms with E-state index in [1.165, 1.54) is 6.92 Å². The van der Waals surface area contributed by atoms with Crippen molar-refractivity contribution in [3.8, 4) is 0 Å². The molecule has 1 N–H and O–H groups in total. The van der Waals surface area contributed by atoms with Gasteiger partial charge in [-0.2, -0.15) is 0 Å². The average molecular weight is 222 g/mol. The molecule has 0 saturated carbocycles. The quantitative estimate of drug-likeness (QED) is 0.614. The van der Waals surface area contributed by atoms with Gasteiger partial charge in [-0.25, -0.2) is 4.79 Å². The molecule has 0 spiro atoms. The Morgan fingerprint density at radius 2 is 2.00 bits per heavy atom. The van der Waals surface area contributed by atoms with Crippen LogP contribution in [0.2, 0.25) is 0 Å². The van der Waals surface area contributed by atoms with E-state index in [1.54, 1.807) is 24.3 Å². The molecular weight excluding hydrogens is 204 g/mol. The van der Waals surface area contributed by atoms with Crippen LogP contribution in [-0.4, -0.2) is 17.7 Å². The molecule has 0 aliphatic heterocycles. The van der Waals surface area contributed by atoms with Crippen molar-refractivity contribution >= 4 is 5.97 Å². The van der Waals surface area contributed by atoms with Crippen LogP contribution in [0.25, 0.3) is 0 Å². The van der Waals surface area contributed by atoms with E-state index in [0.29, 0.717) is 12.2 Å². The molecule has 0 aromatic heterocycles. The first-order valence-electron chi connectivity index (χ1n) is 5.54. The minimum Gasteiger partial charge on any atom is -0.463 e. The number of carbonyl (C=O) groups excluding carboxylic acids is 1. The Balaban J connectivity index is 2.66. The molecule has 3 heteroatoms. The van der Waals surface area contributed by atoms with Gasteiger partial charge in [-0.15, -0.1) is 0 Å². The molecule has 0 radical (unpaired) electrons. The number of unbranched alkanes of at least 4 members (excludes halogenated alkanes) is 1. The van der Waals surface area contributed by atoms with Crippen LogP contribution in [0.5, 0.6) is 0 Å². The van der Waals surface area contributed by atoms with Gasteiger partial charge < -0.3 is 9.84 Å². The van der Waals surface area contributed by atoms with Crippen LogP contribution in [0.4, 0.5) is 0 Å². The van der Waals surface area contributed by atoms with Crippen LogP contribution in [0.3, 0.4) is 0 Å². The first-order valence-corrected chi connectivity index (χ1v) is 5.54. The third-order valence-corrected chi connectivity index (χ3v) is 2.46. The van der Waals surface area contributed by atoms with E-state index in [9.17, 15) is 9.90 Å². The number of hydrogen-bond donors (Lipinski definition) is 1. The summed E-state index contributed by atoms with van der Waals surface area (Å²) in [5.74, 6) is -0.591.